The van der Waals surface area contributed by atoms with Crippen LogP contribution in [0.15, 0.2) is 59.1 Å². The fourth-order valence-corrected chi connectivity index (χ4v) is 3.98. The lowest BCUT2D eigenvalue weighted by molar-refractivity contribution is -0.134. The summed E-state index contributed by atoms with van der Waals surface area (Å²) in [5.74, 6) is 3.01. The molecule has 168 valence electrons. The highest BCUT2D eigenvalue weighted by Crippen LogP contribution is 2.37. The van der Waals surface area contributed by atoms with E-state index in [4.69, 9.17) is 18.6 Å². The Bertz CT molecular complexity index is 1010. The fraction of sp³-hybridized carbons (Fsp3) is 0.360. The van der Waals surface area contributed by atoms with Crippen molar-refractivity contribution in [1.29, 1.82) is 0 Å². The van der Waals surface area contributed by atoms with E-state index < -0.39 is 0 Å². The molecule has 1 atom stereocenters. The van der Waals surface area contributed by atoms with E-state index in [9.17, 15) is 4.79 Å². The number of benzene rings is 2. The number of ether oxygens (including phenoxy) is 3. The molecular formula is C25H28N2O5. The monoisotopic (exact) mass is 436 g/mol. The molecule has 1 aromatic heterocycles. The lowest BCUT2D eigenvalue weighted by Gasteiger charge is -2.31. The number of nitrogens with zero attached hydrogens (tertiary/aromatic N) is 2. The van der Waals surface area contributed by atoms with Crippen LogP contribution in [-0.2, 0) is 11.2 Å². The van der Waals surface area contributed by atoms with Crippen LogP contribution in [0.1, 0.15) is 36.0 Å². The third-order valence-electron chi connectivity index (χ3n) is 5.64. The summed E-state index contributed by atoms with van der Waals surface area (Å²) < 4.78 is 22.5. The van der Waals surface area contributed by atoms with Crippen molar-refractivity contribution in [3.05, 3.63) is 71.9 Å². The molecule has 2 aromatic carbocycles. The second kappa shape index (κ2) is 10.2. The number of carbonyl (C=O) groups excluding carboxylic acids is 1. The van der Waals surface area contributed by atoms with Gasteiger partial charge in [0.25, 0.3) is 5.91 Å². The molecular weight excluding hydrogens is 408 g/mol. The first-order valence-corrected chi connectivity index (χ1v) is 10.8. The van der Waals surface area contributed by atoms with E-state index in [0.717, 1.165) is 18.6 Å². The molecule has 0 bridgehead atoms. The number of hydrogen-bond donors (Lipinski definition) is 0. The molecule has 7 heteroatoms. The minimum atomic E-state index is -0.0890. The first-order valence-electron chi connectivity index (χ1n) is 10.8. The molecule has 1 aliphatic rings. The summed E-state index contributed by atoms with van der Waals surface area (Å²) in [6, 6.07) is 15.5. The van der Waals surface area contributed by atoms with Crippen LogP contribution in [0.3, 0.4) is 0 Å². The number of rotatable bonds is 8. The molecule has 0 saturated carbocycles. The molecule has 1 aliphatic heterocycles. The van der Waals surface area contributed by atoms with Gasteiger partial charge in [-0.2, -0.15) is 0 Å². The molecule has 1 unspecified atom stereocenters. The van der Waals surface area contributed by atoms with Crippen LogP contribution in [0.4, 0.5) is 0 Å². The SMILES string of the molecule is COc1cccc(OC)c1OCC(=O)N1CCCC(c2ncc(Cc3ccccc3)o2)C1. The molecule has 7 nitrogen and oxygen atoms in total. The quantitative estimate of drug-likeness (QED) is 0.530. The molecule has 1 saturated heterocycles. The van der Waals surface area contributed by atoms with Crippen molar-refractivity contribution in [3.8, 4) is 17.2 Å². The third kappa shape index (κ3) is 5.04. The molecule has 1 fully saturated rings. The second-order valence-corrected chi connectivity index (χ2v) is 7.79. The number of likely N-dealkylation sites (tertiary alicyclic amines) is 1. The van der Waals surface area contributed by atoms with Gasteiger partial charge in [-0.05, 0) is 30.5 Å². The lowest BCUT2D eigenvalue weighted by atomic mass is 9.98. The Labute approximate surface area is 187 Å². The van der Waals surface area contributed by atoms with Gasteiger partial charge in [0.1, 0.15) is 5.76 Å². The van der Waals surface area contributed by atoms with Crippen molar-refractivity contribution in [2.24, 2.45) is 0 Å². The van der Waals surface area contributed by atoms with E-state index in [0.29, 0.717) is 42.6 Å². The number of piperidine rings is 1. The van der Waals surface area contributed by atoms with Gasteiger partial charge in [0.15, 0.2) is 24.0 Å². The van der Waals surface area contributed by atoms with Crippen molar-refractivity contribution < 1.29 is 23.4 Å². The van der Waals surface area contributed by atoms with E-state index >= 15 is 0 Å². The van der Waals surface area contributed by atoms with Crippen LogP contribution in [0.2, 0.25) is 0 Å². The third-order valence-corrected chi connectivity index (χ3v) is 5.64. The summed E-state index contributed by atoms with van der Waals surface area (Å²) >= 11 is 0. The number of oxazole rings is 1. The number of amides is 1. The van der Waals surface area contributed by atoms with E-state index in [2.05, 4.69) is 17.1 Å². The highest BCUT2D eigenvalue weighted by Gasteiger charge is 2.28. The molecule has 4 rings (SSSR count). The van der Waals surface area contributed by atoms with Gasteiger partial charge in [-0.3, -0.25) is 4.79 Å². The first-order chi connectivity index (χ1) is 15.7. The van der Waals surface area contributed by atoms with Gasteiger partial charge in [0, 0.05) is 19.5 Å². The number of carbonyl (C=O) groups is 1. The Morgan fingerprint density at radius 3 is 2.56 bits per heavy atom. The summed E-state index contributed by atoms with van der Waals surface area (Å²) in [6.07, 6.45) is 4.33. The van der Waals surface area contributed by atoms with Crippen LogP contribution >= 0.6 is 0 Å². The summed E-state index contributed by atoms with van der Waals surface area (Å²) in [7, 11) is 3.11. The molecule has 0 N–H and O–H groups in total. The van der Waals surface area contributed by atoms with E-state index in [1.807, 2.05) is 29.2 Å². The van der Waals surface area contributed by atoms with Gasteiger partial charge < -0.3 is 23.5 Å². The van der Waals surface area contributed by atoms with Crippen LogP contribution < -0.4 is 14.2 Å². The molecule has 0 radical (unpaired) electrons. The van der Waals surface area contributed by atoms with Crippen molar-refractivity contribution in [2.75, 3.05) is 33.9 Å². The Hall–Kier alpha value is -3.48. The summed E-state index contributed by atoms with van der Waals surface area (Å²) in [4.78, 5) is 19.2. The van der Waals surface area contributed by atoms with Gasteiger partial charge in [-0.25, -0.2) is 4.98 Å². The molecule has 1 amide bonds. The van der Waals surface area contributed by atoms with Crippen molar-refractivity contribution >= 4 is 5.91 Å². The van der Waals surface area contributed by atoms with Crippen molar-refractivity contribution in [1.82, 2.24) is 9.88 Å². The average molecular weight is 437 g/mol. The maximum Gasteiger partial charge on any atom is 0.260 e. The largest absolute Gasteiger partial charge is 0.493 e. The maximum atomic E-state index is 12.9. The molecule has 0 aliphatic carbocycles. The predicted molar refractivity (Wildman–Crippen MR) is 119 cm³/mol. The number of aromatic nitrogens is 1. The van der Waals surface area contributed by atoms with Gasteiger partial charge in [0.2, 0.25) is 5.75 Å². The van der Waals surface area contributed by atoms with Crippen LogP contribution in [-0.4, -0.2) is 49.7 Å². The zero-order valence-electron chi connectivity index (χ0n) is 18.5. The lowest BCUT2D eigenvalue weighted by Crippen LogP contribution is -2.41. The van der Waals surface area contributed by atoms with E-state index in [1.54, 1.807) is 32.5 Å². The topological polar surface area (TPSA) is 74.0 Å². The smallest absolute Gasteiger partial charge is 0.260 e. The summed E-state index contributed by atoms with van der Waals surface area (Å²) in [6.45, 7) is 1.17. The Morgan fingerprint density at radius 2 is 1.84 bits per heavy atom. The minimum absolute atomic E-state index is 0.0815. The van der Waals surface area contributed by atoms with Crippen LogP contribution in [0.5, 0.6) is 17.2 Å². The Kier molecular flexibility index (Phi) is 6.94. The normalized spacial score (nSPS) is 15.9. The average Bonchev–Trinajstić information content (AvgIpc) is 3.31. The summed E-state index contributed by atoms with van der Waals surface area (Å²) in [5.41, 5.74) is 1.18. The number of methoxy groups -OCH3 is 2. The Morgan fingerprint density at radius 1 is 1.09 bits per heavy atom. The first kappa shape index (κ1) is 21.7. The fourth-order valence-electron chi connectivity index (χ4n) is 3.98. The zero-order valence-corrected chi connectivity index (χ0v) is 18.5. The molecule has 3 aromatic rings. The van der Waals surface area contributed by atoms with E-state index in [-0.39, 0.29) is 18.4 Å². The molecule has 0 spiro atoms. The predicted octanol–water partition coefficient (Wildman–Crippen LogP) is 4.07. The minimum Gasteiger partial charge on any atom is -0.493 e. The molecule has 32 heavy (non-hydrogen) atoms. The van der Waals surface area contributed by atoms with Gasteiger partial charge in [-0.15, -0.1) is 0 Å². The zero-order chi connectivity index (χ0) is 22.3. The summed E-state index contributed by atoms with van der Waals surface area (Å²) in [5, 5.41) is 0. The second-order valence-electron chi connectivity index (χ2n) is 7.79. The van der Waals surface area contributed by atoms with Gasteiger partial charge in [-0.1, -0.05) is 36.4 Å². The van der Waals surface area contributed by atoms with Crippen molar-refractivity contribution in [3.63, 3.8) is 0 Å². The maximum absolute atomic E-state index is 12.9. The standard InChI is InChI=1S/C25H28N2O5/c1-29-21-11-6-12-22(30-2)24(21)31-17-23(28)27-13-7-10-19(16-27)25-26-15-20(32-25)14-18-8-4-3-5-9-18/h3-6,8-9,11-12,15,19H,7,10,13-14,16-17H2,1-2H3. The van der Waals surface area contributed by atoms with E-state index in [1.165, 1.54) is 5.56 Å². The van der Waals surface area contributed by atoms with Gasteiger partial charge >= 0.3 is 0 Å². The highest BCUT2D eigenvalue weighted by molar-refractivity contribution is 5.78. The van der Waals surface area contributed by atoms with Crippen molar-refractivity contribution in [2.45, 2.75) is 25.2 Å². The van der Waals surface area contributed by atoms with Crippen LogP contribution in [0.25, 0.3) is 0 Å². The highest BCUT2D eigenvalue weighted by atomic mass is 16.5. The van der Waals surface area contributed by atoms with Crippen LogP contribution in [0, 0.1) is 0 Å². The number of para-hydroxylation sites is 1. The number of hydrogen-bond acceptors (Lipinski definition) is 6. The van der Waals surface area contributed by atoms with Gasteiger partial charge in [0.05, 0.1) is 26.3 Å². The molecule has 2 heterocycles. The Balaban J connectivity index is 1.37.